The molecular formula is C31H39N3O5S. The summed E-state index contributed by atoms with van der Waals surface area (Å²) in [7, 11) is -2.72. The van der Waals surface area contributed by atoms with Crippen molar-refractivity contribution >= 4 is 27.5 Å². The normalized spacial score (nSPS) is 12.8. The van der Waals surface area contributed by atoms with Crippen molar-refractivity contribution in [3.8, 4) is 5.75 Å². The first-order valence-corrected chi connectivity index (χ1v) is 14.8. The summed E-state index contributed by atoms with van der Waals surface area (Å²) in [5.41, 5.74) is 2.89. The number of carbonyl (C=O) groups is 2. The Morgan fingerprint density at radius 2 is 1.60 bits per heavy atom. The van der Waals surface area contributed by atoms with Crippen LogP contribution >= 0.6 is 0 Å². The summed E-state index contributed by atoms with van der Waals surface area (Å²) in [5, 5.41) is 2.94. The van der Waals surface area contributed by atoms with Crippen LogP contribution in [0.2, 0.25) is 0 Å². The van der Waals surface area contributed by atoms with E-state index in [1.165, 1.54) is 24.1 Å². The summed E-state index contributed by atoms with van der Waals surface area (Å²) in [6.07, 6.45) is 0.737. The number of rotatable bonds is 12. The molecule has 0 bridgehead atoms. The second kappa shape index (κ2) is 13.5. The molecule has 0 spiro atoms. The van der Waals surface area contributed by atoms with Gasteiger partial charge in [-0.2, -0.15) is 0 Å². The van der Waals surface area contributed by atoms with Gasteiger partial charge in [-0.05, 0) is 69.5 Å². The lowest BCUT2D eigenvalue weighted by molar-refractivity contribution is -0.139. The van der Waals surface area contributed by atoms with Gasteiger partial charge >= 0.3 is 0 Å². The smallest absolute Gasteiger partial charge is 0.264 e. The van der Waals surface area contributed by atoms with Crippen LogP contribution in [0, 0.1) is 13.8 Å². The number of hydrogen-bond donors (Lipinski definition) is 1. The van der Waals surface area contributed by atoms with Gasteiger partial charge in [0.2, 0.25) is 11.8 Å². The third-order valence-electron chi connectivity index (χ3n) is 6.82. The first kappa shape index (κ1) is 30.7. The van der Waals surface area contributed by atoms with Gasteiger partial charge in [0.1, 0.15) is 18.3 Å². The number of aryl methyl sites for hydroxylation is 2. The lowest BCUT2D eigenvalue weighted by Crippen LogP contribution is -2.52. The Kier molecular flexibility index (Phi) is 10.3. The minimum absolute atomic E-state index is 0.0409. The maximum absolute atomic E-state index is 14.1. The number of methoxy groups -OCH3 is 1. The summed E-state index contributed by atoms with van der Waals surface area (Å²) in [6, 6.07) is 19.9. The molecule has 0 heterocycles. The van der Waals surface area contributed by atoms with E-state index in [-0.39, 0.29) is 29.1 Å². The average Bonchev–Trinajstić information content (AvgIpc) is 2.94. The number of ether oxygens (including phenoxy) is 1. The molecule has 2 atom stereocenters. The molecule has 2 amide bonds. The molecule has 0 saturated heterocycles. The Hall–Kier alpha value is -3.85. The molecular weight excluding hydrogens is 526 g/mol. The van der Waals surface area contributed by atoms with E-state index in [4.69, 9.17) is 4.74 Å². The Balaban J connectivity index is 2.08. The lowest BCUT2D eigenvalue weighted by atomic mass is 10.1. The molecule has 0 aliphatic heterocycles. The Bertz CT molecular complexity index is 1430. The highest BCUT2D eigenvalue weighted by atomic mass is 32.2. The number of hydrogen-bond acceptors (Lipinski definition) is 5. The Morgan fingerprint density at radius 3 is 2.23 bits per heavy atom. The number of nitrogens with one attached hydrogen (secondary N) is 1. The van der Waals surface area contributed by atoms with E-state index < -0.39 is 28.5 Å². The van der Waals surface area contributed by atoms with Crippen molar-refractivity contribution in [2.24, 2.45) is 0 Å². The van der Waals surface area contributed by atoms with E-state index >= 15 is 0 Å². The summed E-state index contributed by atoms with van der Waals surface area (Å²) in [4.78, 5) is 28.7. The van der Waals surface area contributed by atoms with Crippen molar-refractivity contribution < 1.29 is 22.7 Å². The molecule has 9 heteroatoms. The van der Waals surface area contributed by atoms with Crippen LogP contribution in [0.1, 0.15) is 43.9 Å². The van der Waals surface area contributed by atoms with E-state index in [9.17, 15) is 18.0 Å². The van der Waals surface area contributed by atoms with Crippen LogP contribution in [0.4, 0.5) is 5.69 Å². The second-order valence-electron chi connectivity index (χ2n) is 10.0. The number of anilines is 1. The average molecular weight is 566 g/mol. The van der Waals surface area contributed by atoms with Crippen LogP contribution in [0.3, 0.4) is 0 Å². The fraction of sp³-hybridized carbons (Fsp3) is 0.355. The zero-order chi connectivity index (χ0) is 29.4. The Morgan fingerprint density at radius 1 is 0.925 bits per heavy atom. The monoisotopic (exact) mass is 565 g/mol. The number of nitrogens with zero attached hydrogens (tertiary/aromatic N) is 2. The van der Waals surface area contributed by atoms with Crippen molar-refractivity contribution in [2.45, 2.75) is 64.6 Å². The van der Waals surface area contributed by atoms with Gasteiger partial charge in [-0.1, -0.05) is 61.0 Å². The topological polar surface area (TPSA) is 96.0 Å². The highest BCUT2D eigenvalue weighted by molar-refractivity contribution is 7.92. The zero-order valence-electron chi connectivity index (χ0n) is 24.0. The van der Waals surface area contributed by atoms with Crippen molar-refractivity contribution in [2.75, 3.05) is 18.0 Å². The fourth-order valence-electron chi connectivity index (χ4n) is 4.28. The molecule has 8 nitrogen and oxygen atoms in total. The van der Waals surface area contributed by atoms with Gasteiger partial charge in [-0.25, -0.2) is 8.42 Å². The van der Waals surface area contributed by atoms with Gasteiger partial charge in [0.05, 0.1) is 17.7 Å². The number of carbonyl (C=O) groups excluding carboxylic acids is 2. The zero-order valence-corrected chi connectivity index (χ0v) is 24.9. The fourth-order valence-corrected chi connectivity index (χ4v) is 5.72. The van der Waals surface area contributed by atoms with Crippen LogP contribution in [-0.2, 0) is 26.2 Å². The minimum atomic E-state index is -4.18. The van der Waals surface area contributed by atoms with Crippen molar-refractivity contribution in [1.82, 2.24) is 10.2 Å². The minimum Gasteiger partial charge on any atom is -0.495 e. The highest BCUT2D eigenvalue weighted by Gasteiger charge is 2.34. The Labute approximate surface area is 238 Å². The highest BCUT2D eigenvalue weighted by Crippen LogP contribution is 2.33. The van der Waals surface area contributed by atoms with Gasteiger partial charge in [0.25, 0.3) is 10.0 Å². The molecule has 0 unspecified atom stereocenters. The second-order valence-corrected chi connectivity index (χ2v) is 11.9. The van der Waals surface area contributed by atoms with Gasteiger partial charge in [0, 0.05) is 12.6 Å². The molecule has 3 aromatic carbocycles. The molecule has 0 aromatic heterocycles. The number of amides is 2. The standard InChI is InChI=1S/C31H39N3O5S/c1-7-24(4)32-31(36)25(5)33(20-26-13-11-12-22(2)18-26)30(35)21-34(28-19-23(3)16-17-29(28)39-6)40(37,38)27-14-9-8-10-15-27/h8-19,24-25H,7,20-21H2,1-6H3,(H,32,36)/t24-,25+/m1/s1. The van der Waals surface area contributed by atoms with Gasteiger partial charge < -0.3 is 15.0 Å². The van der Waals surface area contributed by atoms with Crippen molar-refractivity contribution in [1.29, 1.82) is 0 Å². The quantitative estimate of drug-likeness (QED) is 0.339. The van der Waals surface area contributed by atoms with E-state index in [2.05, 4.69) is 5.32 Å². The van der Waals surface area contributed by atoms with E-state index in [1.807, 2.05) is 58.0 Å². The van der Waals surface area contributed by atoms with Crippen molar-refractivity contribution in [3.63, 3.8) is 0 Å². The largest absolute Gasteiger partial charge is 0.495 e. The molecule has 1 N–H and O–H groups in total. The first-order valence-electron chi connectivity index (χ1n) is 13.4. The molecule has 0 saturated carbocycles. The SMILES string of the molecule is CC[C@@H](C)NC(=O)[C@H](C)N(Cc1cccc(C)c1)C(=O)CN(c1cc(C)ccc1OC)S(=O)(=O)c1ccccc1. The maximum Gasteiger partial charge on any atom is 0.264 e. The summed E-state index contributed by atoms with van der Waals surface area (Å²) in [5.74, 6) is -0.511. The molecule has 3 aromatic rings. The third kappa shape index (κ3) is 7.41. The van der Waals surface area contributed by atoms with Gasteiger partial charge in [0.15, 0.2) is 0 Å². The predicted octanol–water partition coefficient (Wildman–Crippen LogP) is 4.84. The summed E-state index contributed by atoms with van der Waals surface area (Å²) >= 11 is 0. The third-order valence-corrected chi connectivity index (χ3v) is 8.59. The van der Waals surface area contributed by atoms with Gasteiger partial charge in [-0.3, -0.25) is 13.9 Å². The van der Waals surface area contributed by atoms with Crippen LogP contribution in [0.15, 0.2) is 77.7 Å². The summed E-state index contributed by atoms with van der Waals surface area (Å²) < 4.78 is 34.5. The number of sulfonamides is 1. The summed E-state index contributed by atoms with van der Waals surface area (Å²) in [6.45, 7) is 8.93. The van der Waals surface area contributed by atoms with E-state index in [0.29, 0.717) is 5.75 Å². The molecule has 214 valence electrons. The molecule has 40 heavy (non-hydrogen) atoms. The molecule has 3 rings (SSSR count). The number of benzene rings is 3. The lowest BCUT2D eigenvalue weighted by Gasteiger charge is -2.33. The van der Waals surface area contributed by atoms with Crippen molar-refractivity contribution in [3.05, 3.63) is 89.5 Å². The molecule has 0 radical (unpaired) electrons. The predicted molar refractivity (Wildman–Crippen MR) is 158 cm³/mol. The first-order chi connectivity index (χ1) is 19.0. The van der Waals surface area contributed by atoms with E-state index in [1.54, 1.807) is 37.3 Å². The maximum atomic E-state index is 14.1. The van der Waals surface area contributed by atoms with Crippen LogP contribution in [0.25, 0.3) is 0 Å². The molecule has 0 aliphatic rings. The van der Waals surface area contributed by atoms with Gasteiger partial charge in [-0.15, -0.1) is 0 Å². The van der Waals surface area contributed by atoms with E-state index in [0.717, 1.165) is 27.4 Å². The van der Waals surface area contributed by atoms with Crippen LogP contribution in [0.5, 0.6) is 5.75 Å². The molecule has 0 fully saturated rings. The van der Waals surface area contributed by atoms with Crippen LogP contribution in [-0.4, -0.2) is 50.9 Å². The molecule has 0 aliphatic carbocycles. The van der Waals surface area contributed by atoms with Crippen LogP contribution < -0.4 is 14.4 Å².